The van der Waals surface area contributed by atoms with Crippen molar-refractivity contribution in [2.75, 3.05) is 18.5 Å². The van der Waals surface area contributed by atoms with Gasteiger partial charge in [0.1, 0.15) is 19.0 Å². The molecule has 2 aromatic rings. The van der Waals surface area contributed by atoms with Gasteiger partial charge < -0.3 is 19.5 Å². The lowest BCUT2D eigenvalue weighted by Crippen LogP contribution is -2.30. The summed E-state index contributed by atoms with van der Waals surface area (Å²) in [5.41, 5.74) is 1.75. The third-order valence-electron chi connectivity index (χ3n) is 3.57. The third kappa shape index (κ3) is 3.82. The molecule has 0 bridgehead atoms. The van der Waals surface area contributed by atoms with Gasteiger partial charge in [-0.1, -0.05) is 6.07 Å². The fourth-order valence-electron chi connectivity index (χ4n) is 2.31. The predicted octanol–water partition coefficient (Wildman–Crippen LogP) is 3.93. The summed E-state index contributed by atoms with van der Waals surface area (Å²) >= 11 is 3.45. The molecule has 3 rings (SSSR count). The molecule has 1 heterocycles. The average Bonchev–Trinajstić information content (AvgIpc) is 2.57. The van der Waals surface area contributed by atoms with Crippen LogP contribution in [0.5, 0.6) is 17.2 Å². The van der Waals surface area contributed by atoms with E-state index in [0.29, 0.717) is 36.1 Å². The van der Waals surface area contributed by atoms with E-state index in [9.17, 15) is 4.79 Å². The number of benzene rings is 2. The molecule has 126 valence electrons. The molecule has 0 saturated carbocycles. The lowest BCUT2D eigenvalue weighted by atomic mass is 10.2. The maximum atomic E-state index is 12.3. The Labute approximate surface area is 149 Å². The molecule has 1 atom stereocenters. The van der Waals surface area contributed by atoms with E-state index < -0.39 is 6.10 Å². The van der Waals surface area contributed by atoms with Crippen molar-refractivity contribution in [3.8, 4) is 17.2 Å². The molecule has 5 nitrogen and oxygen atoms in total. The Morgan fingerprint density at radius 2 is 1.92 bits per heavy atom. The number of rotatable bonds is 4. The van der Waals surface area contributed by atoms with E-state index in [1.807, 2.05) is 25.1 Å². The lowest BCUT2D eigenvalue weighted by molar-refractivity contribution is -0.122. The lowest BCUT2D eigenvalue weighted by Gasteiger charge is -2.20. The minimum atomic E-state index is -0.641. The molecule has 0 aliphatic carbocycles. The standard InChI is InChI=1S/C18H18BrNO4/c1-11-3-5-15(14(19)9-11)24-12(2)18(21)20-13-4-6-16-17(10-13)23-8-7-22-16/h3-6,9-10,12H,7-8H2,1-2H3,(H,20,21)/t12-/m0/s1. The molecular formula is C18H18BrNO4. The van der Waals surface area contributed by atoms with Crippen LogP contribution in [0.3, 0.4) is 0 Å². The van der Waals surface area contributed by atoms with Crippen molar-refractivity contribution in [2.24, 2.45) is 0 Å². The summed E-state index contributed by atoms with van der Waals surface area (Å²) in [6, 6.07) is 11.0. The second-order valence-electron chi connectivity index (χ2n) is 5.54. The van der Waals surface area contributed by atoms with Gasteiger partial charge >= 0.3 is 0 Å². The number of fused-ring (bicyclic) bond motifs is 1. The average molecular weight is 392 g/mol. The molecule has 1 aliphatic rings. The highest BCUT2D eigenvalue weighted by molar-refractivity contribution is 9.10. The zero-order valence-corrected chi connectivity index (χ0v) is 15.1. The molecule has 2 aromatic carbocycles. The van der Waals surface area contributed by atoms with Gasteiger partial charge in [0, 0.05) is 11.8 Å². The molecule has 0 radical (unpaired) electrons. The monoisotopic (exact) mass is 391 g/mol. The van der Waals surface area contributed by atoms with Crippen LogP contribution >= 0.6 is 15.9 Å². The van der Waals surface area contributed by atoms with Gasteiger partial charge in [-0.05, 0) is 59.6 Å². The van der Waals surface area contributed by atoms with Gasteiger partial charge in [0.2, 0.25) is 0 Å². The minimum Gasteiger partial charge on any atom is -0.486 e. The van der Waals surface area contributed by atoms with Crippen LogP contribution in [0.25, 0.3) is 0 Å². The molecule has 0 saturated heterocycles. The Morgan fingerprint density at radius 1 is 1.17 bits per heavy atom. The maximum absolute atomic E-state index is 12.3. The molecule has 1 aliphatic heterocycles. The zero-order chi connectivity index (χ0) is 17.1. The van der Waals surface area contributed by atoms with Gasteiger partial charge in [0.15, 0.2) is 17.6 Å². The summed E-state index contributed by atoms with van der Waals surface area (Å²) in [6.07, 6.45) is -0.641. The first-order valence-corrected chi connectivity index (χ1v) is 8.45. The summed E-state index contributed by atoms with van der Waals surface area (Å²) < 4.78 is 17.5. The van der Waals surface area contributed by atoms with Crippen molar-refractivity contribution < 1.29 is 19.0 Å². The van der Waals surface area contributed by atoms with Crippen LogP contribution in [0.15, 0.2) is 40.9 Å². The number of carbonyl (C=O) groups excluding carboxylic acids is 1. The highest BCUT2D eigenvalue weighted by Crippen LogP contribution is 2.32. The molecule has 0 aromatic heterocycles. The Hall–Kier alpha value is -2.21. The topological polar surface area (TPSA) is 56.8 Å². The van der Waals surface area contributed by atoms with Gasteiger partial charge in [-0.15, -0.1) is 0 Å². The first-order valence-electron chi connectivity index (χ1n) is 7.66. The maximum Gasteiger partial charge on any atom is 0.265 e. The summed E-state index contributed by atoms with van der Waals surface area (Å²) in [5.74, 6) is 1.71. The first kappa shape index (κ1) is 16.6. The van der Waals surface area contributed by atoms with Crippen molar-refractivity contribution in [2.45, 2.75) is 20.0 Å². The second kappa shape index (κ2) is 7.13. The third-order valence-corrected chi connectivity index (χ3v) is 4.19. The molecule has 0 fully saturated rings. The number of carbonyl (C=O) groups is 1. The Bertz CT molecular complexity index is 763. The van der Waals surface area contributed by atoms with E-state index in [-0.39, 0.29) is 5.91 Å². The molecule has 6 heteroatoms. The second-order valence-corrected chi connectivity index (χ2v) is 6.40. The highest BCUT2D eigenvalue weighted by Gasteiger charge is 2.18. The zero-order valence-electron chi connectivity index (χ0n) is 13.5. The van der Waals surface area contributed by atoms with E-state index in [0.717, 1.165) is 10.0 Å². The SMILES string of the molecule is Cc1ccc(O[C@@H](C)C(=O)Nc2ccc3c(c2)OCCO3)c(Br)c1. The summed E-state index contributed by atoms with van der Waals surface area (Å²) in [4.78, 5) is 12.3. The fourth-order valence-corrected chi connectivity index (χ4v) is 2.90. The Morgan fingerprint density at radius 3 is 2.67 bits per heavy atom. The number of nitrogens with one attached hydrogen (secondary N) is 1. The van der Waals surface area contributed by atoms with E-state index in [1.165, 1.54) is 0 Å². The van der Waals surface area contributed by atoms with E-state index in [1.54, 1.807) is 25.1 Å². The highest BCUT2D eigenvalue weighted by atomic mass is 79.9. The summed E-state index contributed by atoms with van der Waals surface area (Å²) in [5, 5.41) is 2.83. The number of ether oxygens (including phenoxy) is 3. The fraction of sp³-hybridized carbons (Fsp3) is 0.278. The van der Waals surface area contributed by atoms with Crippen LogP contribution in [0.2, 0.25) is 0 Å². The molecule has 1 N–H and O–H groups in total. The summed E-state index contributed by atoms with van der Waals surface area (Å²) in [7, 11) is 0. The van der Waals surface area contributed by atoms with E-state index in [2.05, 4.69) is 21.2 Å². The first-order chi connectivity index (χ1) is 11.5. The number of hydrogen-bond donors (Lipinski definition) is 1. The van der Waals surface area contributed by atoms with Crippen LogP contribution in [-0.2, 0) is 4.79 Å². The number of hydrogen-bond acceptors (Lipinski definition) is 4. The predicted molar refractivity (Wildman–Crippen MR) is 95.0 cm³/mol. The van der Waals surface area contributed by atoms with E-state index in [4.69, 9.17) is 14.2 Å². The molecule has 1 amide bonds. The van der Waals surface area contributed by atoms with Crippen LogP contribution in [0.1, 0.15) is 12.5 Å². The number of anilines is 1. The van der Waals surface area contributed by atoms with Crippen LogP contribution in [-0.4, -0.2) is 25.2 Å². The van der Waals surface area contributed by atoms with Crippen molar-refractivity contribution in [3.63, 3.8) is 0 Å². The molecular weight excluding hydrogens is 374 g/mol. The number of aryl methyl sites for hydroxylation is 1. The summed E-state index contributed by atoms with van der Waals surface area (Å²) in [6.45, 7) is 4.74. The van der Waals surface area contributed by atoms with Gasteiger partial charge in [-0.3, -0.25) is 4.79 Å². The number of halogens is 1. The smallest absolute Gasteiger partial charge is 0.265 e. The Balaban J connectivity index is 1.65. The van der Waals surface area contributed by atoms with Crippen molar-refractivity contribution in [1.29, 1.82) is 0 Å². The van der Waals surface area contributed by atoms with Gasteiger partial charge in [0.05, 0.1) is 4.47 Å². The largest absolute Gasteiger partial charge is 0.486 e. The molecule has 0 unspecified atom stereocenters. The van der Waals surface area contributed by atoms with E-state index >= 15 is 0 Å². The van der Waals surface area contributed by atoms with Gasteiger partial charge in [-0.25, -0.2) is 0 Å². The van der Waals surface area contributed by atoms with Crippen LogP contribution < -0.4 is 19.5 Å². The molecule has 0 spiro atoms. The van der Waals surface area contributed by atoms with Crippen molar-refractivity contribution in [3.05, 3.63) is 46.4 Å². The van der Waals surface area contributed by atoms with Gasteiger partial charge in [-0.2, -0.15) is 0 Å². The quantitative estimate of drug-likeness (QED) is 0.857. The van der Waals surface area contributed by atoms with Crippen LogP contribution in [0, 0.1) is 6.92 Å². The number of amides is 1. The minimum absolute atomic E-state index is 0.237. The van der Waals surface area contributed by atoms with Crippen molar-refractivity contribution in [1.82, 2.24) is 0 Å². The normalized spacial score (nSPS) is 14.0. The van der Waals surface area contributed by atoms with Gasteiger partial charge in [0.25, 0.3) is 5.91 Å². The van der Waals surface area contributed by atoms with Crippen LogP contribution in [0.4, 0.5) is 5.69 Å². The molecule has 24 heavy (non-hydrogen) atoms. The van der Waals surface area contributed by atoms with Crippen molar-refractivity contribution >= 4 is 27.5 Å². The Kier molecular flexibility index (Phi) is 4.94.